The normalized spacial score (nSPS) is 17.0. The summed E-state index contributed by atoms with van der Waals surface area (Å²) in [5.74, 6) is 0.394. The van der Waals surface area contributed by atoms with Gasteiger partial charge in [-0.05, 0) is 35.7 Å². The Kier molecular flexibility index (Phi) is 6.71. The maximum atomic E-state index is 12.8. The maximum absolute atomic E-state index is 12.8. The Morgan fingerprint density at radius 2 is 1.73 bits per heavy atom. The van der Waals surface area contributed by atoms with Crippen molar-refractivity contribution in [3.05, 3.63) is 59.1 Å². The number of halogens is 1. The molecule has 3 rings (SSSR count). The molecule has 0 saturated carbocycles. The molecule has 0 aromatic heterocycles. The van der Waals surface area contributed by atoms with E-state index in [0.29, 0.717) is 11.6 Å². The molecular weight excluding hydrogens is 426 g/mol. The predicted octanol–water partition coefficient (Wildman–Crippen LogP) is 4.15. The molecule has 3 N–H and O–H groups in total. The van der Waals surface area contributed by atoms with Gasteiger partial charge in [0.05, 0.1) is 5.02 Å². The molecule has 1 fully saturated rings. The summed E-state index contributed by atoms with van der Waals surface area (Å²) in [6.07, 6.45) is -0.315. The summed E-state index contributed by atoms with van der Waals surface area (Å²) in [7, 11) is -3.74. The smallest absolute Gasteiger partial charge is 0.413 e. The minimum absolute atomic E-state index is 0.0553. The third-order valence-electron chi connectivity index (χ3n) is 5.14. The van der Waals surface area contributed by atoms with E-state index in [2.05, 4.69) is 19.2 Å². The number of amides is 1. The summed E-state index contributed by atoms with van der Waals surface area (Å²) in [6, 6.07) is 13.8. The predicted molar refractivity (Wildman–Crippen MR) is 117 cm³/mol. The van der Waals surface area contributed by atoms with Crippen LogP contribution in [-0.2, 0) is 14.8 Å². The molecule has 0 radical (unpaired) electrons. The van der Waals surface area contributed by atoms with E-state index in [0.717, 1.165) is 5.56 Å². The molecule has 0 bridgehead atoms. The van der Waals surface area contributed by atoms with Crippen LogP contribution >= 0.6 is 11.6 Å². The zero-order valence-electron chi connectivity index (χ0n) is 17.0. The number of nitrogens with two attached hydrogens (primary N) is 1. The number of rotatable bonds is 5. The fraction of sp³-hybridized carbons (Fsp3) is 0.381. The number of carbonyl (C=O) groups is 1. The Labute approximate surface area is 182 Å². The molecule has 1 saturated heterocycles. The number of hydrogen-bond donors (Lipinski definition) is 2. The van der Waals surface area contributed by atoms with Crippen molar-refractivity contribution in [1.82, 2.24) is 4.31 Å². The quantitative estimate of drug-likeness (QED) is 0.665. The molecule has 1 aliphatic heterocycles. The van der Waals surface area contributed by atoms with Gasteiger partial charge in [0.1, 0.15) is 4.90 Å². The Balaban J connectivity index is 1.59. The monoisotopic (exact) mass is 451 g/mol. The van der Waals surface area contributed by atoms with E-state index in [9.17, 15) is 13.2 Å². The second-order valence-corrected chi connectivity index (χ2v) is 10.0. The summed E-state index contributed by atoms with van der Waals surface area (Å²) in [5.41, 5.74) is 6.75. The minimum atomic E-state index is -3.74. The highest BCUT2D eigenvalue weighted by atomic mass is 35.5. The van der Waals surface area contributed by atoms with Crippen molar-refractivity contribution < 1.29 is 17.9 Å². The highest BCUT2D eigenvalue weighted by Crippen LogP contribution is 2.29. The molecular formula is C21H26ClN3O4S. The number of anilines is 1. The molecule has 1 heterocycles. The van der Waals surface area contributed by atoms with Crippen LogP contribution in [0.15, 0.2) is 53.4 Å². The Bertz CT molecular complexity index is 1000. The SMILES string of the molecule is CC(C)c1ccc(NC(=O)OC2(N)CCN(S(=O)(=O)c3ccccc3Cl)CC2)cc1. The first-order valence-corrected chi connectivity index (χ1v) is 11.6. The maximum Gasteiger partial charge on any atom is 0.413 e. The molecule has 2 aromatic rings. The molecule has 162 valence electrons. The first kappa shape index (κ1) is 22.6. The molecule has 0 aliphatic carbocycles. The average molecular weight is 452 g/mol. The van der Waals surface area contributed by atoms with Crippen LogP contribution in [-0.4, -0.2) is 37.6 Å². The summed E-state index contributed by atoms with van der Waals surface area (Å²) >= 11 is 6.05. The molecule has 7 nitrogen and oxygen atoms in total. The Hall–Kier alpha value is -2.13. The minimum Gasteiger partial charge on any atom is -0.428 e. The number of carbonyl (C=O) groups excluding carboxylic acids is 1. The first-order chi connectivity index (χ1) is 14.1. The number of nitrogens with one attached hydrogen (secondary N) is 1. The summed E-state index contributed by atoms with van der Waals surface area (Å²) in [6.45, 7) is 4.43. The van der Waals surface area contributed by atoms with Crippen molar-refractivity contribution in [1.29, 1.82) is 0 Å². The lowest BCUT2D eigenvalue weighted by Gasteiger charge is -2.37. The fourth-order valence-electron chi connectivity index (χ4n) is 3.28. The Morgan fingerprint density at radius 3 is 2.30 bits per heavy atom. The van der Waals surface area contributed by atoms with Crippen LogP contribution < -0.4 is 11.1 Å². The van der Waals surface area contributed by atoms with Crippen LogP contribution in [0.25, 0.3) is 0 Å². The number of ether oxygens (including phenoxy) is 1. The van der Waals surface area contributed by atoms with Gasteiger partial charge in [-0.3, -0.25) is 11.1 Å². The summed E-state index contributed by atoms with van der Waals surface area (Å²) in [4.78, 5) is 12.3. The van der Waals surface area contributed by atoms with Gasteiger partial charge in [-0.1, -0.05) is 49.7 Å². The van der Waals surface area contributed by atoms with Crippen LogP contribution in [0.5, 0.6) is 0 Å². The van der Waals surface area contributed by atoms with Gasteiger partial charge < -0.3 is 4.74 Å². The zero-order valence-corrected chi connectivity index (χ0v) is 18.5. The third kappa shape index (κ3) is 5.13. The number of piperidine rings is 1. The molecule has 0 spiro atoms. The molecule has 0 atom stereocenters. The molecule has 1 amide bonds. The second-order valence-electron chi connectivity index (χ2n) is 7.69. The van der Waals surface area contributed by atoms with Crippen molar-refractivity contribution in [2.24, 2.45) is 5.73 Å². The van der Waals surface area contributed by atoms with E-state index >= 15 is 0 Å². The second kappa shape index (κ2) is 8.93. The van der Waals surface area contributed by atoms with Gasteiger partial charge in [-0.15, -0.1) is 0 Å². The van der Waals surface area contributed by atoms with Crippen molar-refractivity contribution in [3.63, 3.8) is 0 Å². The lowest BCUT2D eigenvalue weighted by Crippen LogP contribution is -2.54. The molecule has 9 heteroatoms. The Morgan fingerprint density at radius 1 is 1.13 bits per heavy atom. The van der Waals surface area contributed by atoms with Gasteiger partial charge in [-0.25, -0.2) is 13.2 Å². The summed E-state index contributed by atoms with van der Waals surface area (Å²) in [5, 5.41) is 2.83. The van der Waals surface area contributed by atoms with E-state index in [1.54, 1.807) is 24.3 Å². The van der Waals surface area contributed by atoms with E-state index in [1.807, 2.05) is 12.1 Å². The number of benzene rings is 2. The van der Waals surface area contributed by atoms with Gasteiger partial charge in [0.15, 0.2) is 5.72 Å². The molecule has 2 aromatic carbocycles. The zero-order chi connectivity index (χ0) is 21.9. The number of hydrogen-bond acceptors (Lipinski definition) is 5. The van der Waals surface area contributed by atoms with E-state index in [4.69, 9.17) is 22.1 Å². The average Bonchev–Trinajstić information content (AvgIpc) is 2.68. The lowest BCUT2D eigenvalue weighted by atomic mass is 10.0. The summed E-state index contributed by atoms with van der Waals surface area (Å²) < 4.78 is 32.4. The van der Waals surface area contributed by atoms with Crippen molar-refractivity contribution in [2.45, 2.75) is 43.2 Å². The van der Waals surface area contributed by atoms with Gasteiger partial charge in [0.2, 0.25) is 10.0 Å². The topological polar surface area (TPSA) is 102 Å². The van der Waals surface area contributed by atoms with E-state index in [1.165, 1.54) is 16.4 Å². The van der Waals surface area contributed by atoms with Gasteiger partial charge in [0.25, 0.3) is 0 Å². The van der Waals surface area contributed by atoms with Crippen molar-refractivity contribution in [2.75, 3.05) is 18.4 Å². The van der Waals surface area contributed by atoms with Gasteiger partial charge >= 0.3 is 6.09 Å². The number of sulfonamides is 1. The van der Waals surface area contributed by atoms with Crippen LogP contribution in [0.4, 0.5) is 10.5 Å². The largest absolute Gasteiger partial charge is 0.428 e. The van der Waals surface area contributed by atoms with Crippen LogP contribution in [0.1, 0.15) is 38.2 Å². The molecule has 30 heavy (non-hydrogen) atoms. The van der Waals surface area contributed by atoms with Crippen molar-refractivity contribution in [3.8, 4) is 0 Å². The van der Waals surface area contributed by atoms with E-state index in [-0.39, 0.29) is 35.8 Å². The molecule has 1 aliphatic rings. The van der Waals surface area contributed by atoms with Crippen LogP contribution in [0, 0.1) is 0 Å². The fourth-order valence-corrected chi connectivity index (χ4v) is 5.21. The van der Waals surface area contributed by atoms with Crippen LogP contribution in [0.2, 0.25) is 5.02 Å². The highest BCUT2D eigenvalue weighted by molar-refractivity contribution is 7.89. The van der Waals surface area contributed by atoms with Crippen LogP contribution in [0.3, 0.4) is 0 Å². The van der Waals surface area contributed by atoms with Gasteiger partial charge in [0, 0.05) is 31.6 Å². The lowest BCUT2D eigenvalue weighted by molar-refractivity contribution is -0.0116. The standard InChI is InChI=1S/C21H26ClN3O4S/c1-15(2)16-7-9-17(10-8-16)24-20(26)29-21(23)11-13-25(14-12-21)30(27,28)19-6-4-3-5-18(19)22/h3-10,15H,11-14,23H2,1-2H3,(H,24,26). The van der Waals surface area contributed by atoms with E-state index < -0.39 is 21.8 Å². The van der Waals surface area contributed by atoms with Gasteiger partial charge in [-0.2, -0.15) is 4.31 Å². The molecule has 0 unspecified atom stereocenters. The van der Waals surface area contributed by atoms with Crippen molar-refractivity contribution >= 4 is 33.4 Å². The third-order valence-corrected chi connectivity index (χ3v) is 7.54. The first-order valence-electron chi connectivity index (χ1n) is 9.74. The highest BCUT2D eigenvalue weighted by Gasteiger charge is 2.39. The number of nitrogens with zero attached hydrogens (tertiary/aromatic N) is 1.